The van der Waals surface area contributed by atoms with Crippen molar-refractivity contribution in [3.8, 4) is 11.8 Å². The Morgan fingerprint density at radius 3 is 2.21 bits per heavy atom. The number of nitrogens with zero attached hydrogens (tertiary/aromatic N) is 3. The normalized spacial score (nSPS) is 11.1. The largest absolute Gasteiger partial charge is 0.476 e. The molecule has 0 saturated carbocycles. The van der Waals surface area contributed by atoms with Gasteiger partial charge in [-0.3, -0.25) is 0 Å². The van der Waals surface area contributed by atoms with Crippen LogP contribution in [0.15, 0.2) is 0 Å². The fraction of sp³-hybridized carbons (Fsp3) is 0.667. The number of nitrogens with two attached hydrogens (primary N) is 2. The number of hydrogen-bond acceptors (Lipinski definition) is 7. The van der Waals surface area contributed by atoms with Gasteiger partial charge in [0.2, 0.25) is 17.7 Å². The average molecular weight is 269 g/mol. The smallest absolute Gasteiger partial charge is 0.246 e. The van der Waals surface area contributed by atoms with Gasteiger partial charge in [-0.25, -0.2) is 0 Å². The third-order valence-corrected chi connectivity index (χ3v) is 2.22. The molecule has 1 rings (SSSR count). The first kappa shape index (κ1) is 15.3. The molecule has 1 aromatic rings. The van der Waals surface area contributed by atoms with Crippen molar-refractivity contribution in [3.63, 3.8) is 0 Å². The molecular weight excluding hydrogens is 246 g/mol. The van der Waals surface area contributed by atoms with E-state index in [0.717, 1.165) is 6.54 Å². The maximum atomic E-state index is 5.91. The van der Waals surface area contributed by atoms with Crippen LogP contribution < -0.4 is 20.9 Å². The molecule has 0 atom stereocenters. The number of aromatic nitrogens is 2. The highest BCUT2D eigenvalue weighted by atomic mass is 16.5. The van der Waals surface area contributed by atoms with Crippen LogP contribution >= 0.6 is 0 Å². The van der Waals surface area contributed by atoms with Gasteiger partial charge in [-0.05, 0) is 20.0 Å². The van der Waals surface area contributed by atoms with Crippen LogP contribution in [0.3, 0.4) is 0 Å². The molecule has 0 aliphatic rings. The minimum Gasteiger partial charge on any atom is -0.476 e. The van der Waals surface area contributed by atoms with E-state index in [1.807, 2.05) is 32.8 Å². The number of likely N-dealkylation sites (N-methyl/N-ethyl adjacent to an activating group) is 1. The van der Waals surface area contributed by atoms with Crippen molar-refractivity contribution in [2.45, 2.75) is 13.8 Å². The summed E-state index contributed by atoms with van der Waals surface area (Å²) in [6.45, 7) is 5.81. The predicted molar refractivity (Wildman–Crippen MR) is 75.2 cm³/mol. The molecule has 0 saturated heterocycles. The maximum absolute atomic E-state index is 5.91. The summed E-state index contributed by atoms with van der Waals surface area (Å²) in [6, 6.07) is 0. The fourth-order valence-electron chi connectivity index (χ4n) is 1.24. The minimum absolute atomic E-state index is 0.0906. The van der Waals surface area contributed by atoms with Crippen molar-refractivity contribution in [2.24, 2.45) is 5.92 Å². The Labute approximate surface area is 113 Å². The average Bonchev–Trinajstić information content (AvgIpc) is 2.30. The Kier molecular flexibility index (Phi) is 5.62. The summed E-state index contributed by atoms with van der Waals surface area (Å²) >= 11 is 0. The molecule has 7 heteroatoms. The van der Waals surface area contributed by atoms with Crippen molar-refractivity contribution in [1.29, 1.82) is 0 Å². The first-order chi connectivity index (χ1) is 8.90. The van der Waals surface area contributed by atoms with E-state index in [-0.39, 0.29) is 23.4 Å². The highest BCUT2D eigenvalue weighted by Crippen LogP contribution is 2.28. The van der Waals surface area contributed by atoms with E-state index < -0.39 is 0 Å². The fourth-order valence-corrected chi connectivity index (χ4v) is 1.24. The van der Waals surface area contributed by atoms with Crippen LogP contribution in [0, 0.1) is 5.92 Å². The zero-order valence-corrected chi connectivity index (χ0v) is 12.0. The molecule has 0 aliphatic heterocycles. The zero-order valence-electron chi connectivity index (χ0n) is 12.0. The summed E-state index contributed by atoms with van der Waals surface area (Å²) in [4.78, 5) is 9.95. The summed E-state index contributed by atoms with van der Waals surface area (Å²) < 4.78 is 11.0. The Morgan fingerprint density at radius 1 is 1.11 bits per heavy atom. The van der Waals surface area contributed by atoms with Gasteiger partial charge in [0.25, 0.3) is 0 Å². The highest BCUT2D eigenvalue weighted by Gasteiger charge is 2.13. The van der Waals surface area contributed by atoms with Crippen molar-refractivity contribution >= 4 is 11.6 Å². The first-order valence-electron chi connectivity index (χ1n) is 6.23. The number of ether oxygens (including phenoxy) is 2. The molecule has 19 heavy (non-hydrogen) atoms. The van der Waals surface area contributed by atoms with Crippen molar-refractivity contribution in [3.05, 3.63) is 0 Å². The second-order valence-corrected chi connectivity index (χ2v) is 4.96. The molecule has 1 heterocycles. The Bertz CT molecular complexity index is 409. The molecule has 1 aromatic heterocycles. The Hall–Kier alpha value is -1.76. The maximum Gasteiger partial charge on any atom is 0.246 e. The van der Waals surface area contributed by atoms with Crippen molar-refractivity contribution < 1.29 is 9.47 Å². The van der Waals surface area contributed by atoms with Gasteiger partial charge in [0, 0.05) is 6.54 Å². The van der Waals surface area contributed by atoms with E-state index in [2.05, 4.69) is 9.97 Å². The molecule has 0 spiro atoms. The van der Waals surface area contributed by atoms with Gasteiger partial charge in [-0.2, -0.15) is 9.97 Å². The number of nitrogen functional groups attached to an aromatic ring is 2. The highest BCUT2D eigenvalue weighted by molar-refractivity contribution is 5.58. The minimum atomic E-state index is 0.0906. The van der Waals surface area contributed by atoms with Crippen LogP contribution in [-0.4, -0.2) is 48.7 Å². The molecule has 7 nitrogen and oxygen atoms in total. The molecule has 0 amide bonds. The van der Waals surface area contributed by atoms with Gasteiger partial charge < -0.3 is 25.8 Å². The molecule has 0 bridgehead atoms. The van der Waals surface area contributed by atoms with E-state index in [9.17, 15) is 0 Å². The van der Waals surface area contributed by atoms with Crippen LogP contribution in [0.25, 0.3) is 0 Å². The summed E-state index contributed by atoms with van der Waals surface area (Å²) in [6.07, 6.45) is 0. The molecule has 108 valence electrons. The molecular formula is C12H23N5O2. The summed E-state index contributed by atoms with van der Waals surface area (Å²) in [5, 5.41) is 0. The lowest BCUT2D eigenvalue weighted by Crippen LogP contribution is -2.20. The SMILES string of the molecule is CC(C)COc1nc(N)nc(OCCN(C)C)c1N. The lowest BCUT2D eigenvalue weighted by molar-refractivity contribution is 0.245. The zero-order chi connectivity index (χ0) is 14.4. The molecule has 0 unspecified atom stereocenters. The molecule has 4 N–H and O–H groups in total. The third-order valence-electron chi connectivity index (χ3n) is 2.22. The summed E-state index contributed by atoms with van der Waals surface area (Å²) in [5.41, 5.74) is 11.8. The van der Waals surface area contributed by atoms with Crippen molar-refractivity contribution in [1.82, 2.24) is 14.9 Å². The van der Waals surface area contributed by atoms with Crippen molar-refractivity contribution in [2.75, 3.05) is 45.3 Å². The predicted octanol–water partition coefficient (Wildman–Crippen LogP) is 0.616. The van der Waals surface area contributed by atoms with E-state index in [0.29, 0.717) is 19.1 Å². The first-order valence-corrected chi connectivity index (χ1v) is 6.23. The van der Waals surface area contributed by atoms with E-state index in [4.69, 9.17) is 20.9 Å². The van der Waals surface area contributed by atoms with Gasteiger partial charge in [-0.15, -0.1) is 0 Å². The molecule has 0 fully saturated rings. The van der Waals surface area contributed by atoms with Crippen LogP contribution in [0.5, 0.6) is 11.8 Å². The van der Waals surface area contributed by atoms with Gasteiger partial charge in [0.15, 0.2) is 5.69 Å². The lowest BCUT2D eigenvalue weighted by atomic mass is 10.2. The molecule has 0 aliphatic carbocycles. The van der Waals surface area contributed by atoms with Gasteiger partial charge in [0.1, 0.15) is 6.61 Å². The van der Waals surface area contributed by atoms with Crippen LogP contribution in [0.1, 0.15) is 13.8 Å². The third kappa shape index (κ3) is 5.17. The van der Waals surface area contributed by atoms with E-state index in [1.165, 1.54) is 0 Å². The van der Waals surface area contributed by atoms with Crippen LogP contribution in [-0.2, 0) is 0 Å². The Balaban J connectivity index is 2.75. The second kappa shape index (κ2) is 6.98. The monoisotopic (exact) mass is 269 g/mol. The quantitative estimate of drug-likeness (QED) is 0.748. The van der Waals surface area contributed by atoms with Gasteiger partial charge in [-0.1, -0.05) is 13.8 Å². The topological polar surface area (TPSA) is 99.5 Å². The standard InChI is InChI=1S/C12H23N5O2/c1-8(2)7-19-11-9(13)10(15-12(14)16-11)18-6-5-17(3)4/h8H,5-7,13H2,1-4H3,(H2,14,15,16). The Morgan fingerprint density at radius 2 is 1.68 bits per heavy atom. The molecule has 0 radical (unpaired) electrons. The van der Waals surface area contributed by atoms with Crippen LogP contribution in [0.4, 0.5) is 11.6 Å². The number of rotatable bonds is 7. The van der Waals surface area contributed by atoms with Crippen LogP contribution in [0.2, 0.25) is 0 Å². The summed E-state index contributed by atoms with van der Waals surface area (Å²) in [5.74, 6) is 1.01. The number of anilines is 2. The lowest BCUT2D eigenvalue weighted by Gasteiger charge is -2.14. The van der Waals surface area contributed by atoms with E-state index in [1.54, 1.807) is 0 Å². The van der Waals surface area contributed by atoms with E-state index >= 15 is 0 Å². The number of hydrogen-bond donors (Lipinski definition) is 2. The van der Waals surface area contributed by atoms with Gasteiger partial charge >= 0.3 is 0 Å². The summed E-state index contributed by atoms with van der Waals surface area (Å²) in [7, 11) is 3.91. The second-order valence-electron chi connectivity index (χ2n) is 4.96. The van der Waals surface area contributed by atoms with Gasteiger partial charge in [0.05, 0.1) is 6.61 Å². The molecule has 0 aromatic carbocycles.